The lowest BCUT2D eigenvalue weighted by Crippen LogP contribution is -1.87. The quantitative estimate of drug-likeness (QED) is 0.582. The number of hydrogen-bond donors (Lipinski definition) is 2. The summed E-state index contributed by atoms with van der Waals surface area (Å²) in [7, 11) is 0. The van der Waals surface area contributed by atoms with E-state index in [-0.39, 0.29) is 0 Å². The molecule has 20 heavy (non-hydrogen) atoms. The molecule has 4 aromatic rings. The van der Waals surface area contributed by atoms with Crippen molar-refractivity contribution in [1.29, 1.82) is 0 Å². The first kappa shape index (κ1) is 10.9. The molecule has 2 aromatic carbocycles. The van der Waals surface area contributed by atoms with Crippen molar-refractivity contribution in [2.45, 2.75) is 0 Å². The van der Waals surface area contributed by atoms with Crippen molar-refractivity contribution in [2.24, 2.45) is 0 Å². The Kier molecular flexibility index (Phi) is 2.35. The molecule has 5 nitrogen and oxygen atoms in total. The first-order valence-corrected chi connectivity index (χ1v) is 6.33. The van der Waals surface area contributed by atoms with Gasteiger partial charge < -0.3 is 4.98 Å². The minimum Gasteiger partial charge on any atom is -0.355 e. The molecule has 0 aliphatic carbocycles. The Morgan fingerprint density at radius 2 is 1.65 bits per heavy atom. The van der Waals surface area contributed by atoms with Gasteiger partial charge in [0.2, 0.25) is 5.82 Å². The van der Waals surface area contributed by atoms with Gasteiger partial charge in [0.05, 0.1) is 0 Å². The summed E-state index contributed by atoms with van der Waals surface area (Å²) < 4.78 is 0. The predicted molar refractivity (Wildman–Crippen MR) is 76.9 cm³/mol. The SMILES string of the molecule is c1ccc(-c2cc3ccccc3[nH]2)c(-c2nn[nH]n2)c1. The average molecular weight is 261 g/mol. The molecule has 0 saturated heterocycles. The van der Waals surface area contributed by atoms with Crippen LogP contribution in [0.4, 0.5) is 0 Å². The van der Waals surface area contributed by atoms with Crippen molar-refractivity contribution in [2.75, 3.05) is 0 Å². The molecule has 2 N–H and O–H groups in total. The number of benzene rings is 2. The second-order valence-electron chi connectivity index (χ2n) is 4.55. The van der Waals surface area contributed by atoms with E-state index in [2.05, 4.69) is 49.9 Å². The van der Waals surface area contributed by atoms with Crippen LogP contribution >= 0.6 is 0 Å². The maximum absolute atomic E-state index is 4.07. The van der Waals surface area contributed by atoms with Crippen molar-refractivity contribution in [3.8, 4) is 22.6 Å². The number of nitrogens with zero attached hydrogens (tertiary/aromatic N) is 3. The number of fused-ring (bicyclic) bond motifs is 1. The number of aromatic amines is 2. The fourth-order valence-corrected chi connectivity index (χ4v) is 2.41. The number of rotatable bonds is 2. The second-order valence-corrected chi connectivity index (χ2v) is 4.55. The van der Waals surface area contributed by atoms with Crippen molar-refractivity contribution in [3.05, 3.63) is 54.6 Å². The Morgan fingerprint density at radius 1 is 0.850 bits per heavy atom. The number of para-hydroxylation sites is 1. The molecule has 0 unspecified atom stereocenters. The molecule has 0 atom stereocenters. The minimum atomic E-state index is 0.597. The van der Waals surface area contributed by atoms with Gasteiger partial charge in [-0.25, -0.2) is 0 Å². The fraction of sp³-hybridized carbons (Fsp3) is 0. The molecule has 2 heterocycles. The normalized spacial score (nSPS) is 11.0. The van der Waals surface area contributed by atoms with Crippen LogP contribution in [0.2, 0.25) is 0 Å². The van der Waals surface area contributed by atoms with Gasteiger partial charge in [0, 0.05) is 27.7 Å². The van der Waals surface area contributed by atoms with E-state index in [1.807, 2.05) is 30.3 Å². The smallest absolute Gasteiger partial charge is 0.205 e. The van der Waals surface area contributed by atoms with Crippen molar-refractivity contribution >= 4 is 10.9 Å². The van der Waals surface area contributed by atoms with Crippen LogP contribution in [0.15, 0.2) is 54.6 Å². The summed E-state index contributed by atoms with van der Waals surface area (Å²) in [6.07, 6.45) is 0. The summed E-state index contributed by atoms with van der Waals surface area (Å²) in [4.78, 5) is 3.43. The Morgan fingerprint density at radius 3 is 2.45 bits per heavy atom. The highest BCUT2D eigenvalue weighted by atomic mass is 15.5. The van der Waals surface area contributed by atoms with Crippen molar-refractivity contribution in [3.63, 3.8) is 0 Å². The van der Waals surface area contributed by atoms with Crippen LogP contribution < -0.4 is 0 Å². The van der Waals surface area contributed by atoms with Gasteiger partial charge in [-0.3, -0.25) is 0 Å². The van der Waals surface area contributed by atoms with Crippen LogP contribution in [0.5, 0.6) is 0 Å². The van der Waals surface area contributed by atoms with Gasteiger partial charge >= 0.3 is 0 Å². The maximum atomic E-state index is 4.07. The number of aromatic nitrogens is 5. The molecule has 0 spiro atoms. The zero-order valence-corrected chi connectivity index (χ0v) is 10.5. The molecule has 0 radical (unpaired) electrons. The third-order valence-corrected chi connectivity index (χ3v) is 3.33. The Balaban J connectivity index is 1.94. The Labute approximate surface area is 114 Å². The zero-order valence-electron chi connectivity index (χ0n) is 10.5. The van der Waals surface area contributed by atoms with E-state index in [1.54, 1.807) is 0 Å². The molecule has 0 saturated carbocycles. The van der Waals surface area contributed by atoms with Crippen molar-refractivity contribution in [1.82, 2.24) is 25.6 Å². The maximum Gasteiger partial charge on any atom is 0.205 e. The van der Waals surface area contributed by atoms with E-state index in [1.165, 1.54) is 5.39 Å². The molecule has 0 aliphatic heterocycles. The fourth-order valence-electron chi connectivity index (χ4n) is 2.41. The molecule has 2 aromatic heterocycles. The lowest BCUT2D eigenvalue weighted by Gasteiger charge is -2.03. The van der Waals surface area contributed by atoms with E-state index in [4.69, 9.17) is 0 Å². The monoisotopic (exact) mass is 261 g/mol. The van der Waals surface area contributed by atoms with E-state index >= 15 is 0 Å². The summed E-state index contributed by atoms with van der Waals surface area (Å²) in [5.74, 6) is 0.597. The van der Waals surface area contributed by atoms with E-state index in [9.17, 15) is 0 Å². The molecule has 0 amide bonds. The van der Waals surface area contributed by atoms with Crippen LogP contribution in [-0.2, 0) is 0 Å². The molecule has 0 aliphatic rings. The van der Waals surface area contributed by atoms with Gasteiger partial charge in [0.25, 0.3) is 0 Å². The van der Waals surface area contributed by atoms with Gasteiger partial charge in [-0.2, -0.15) is 5.21 Å². The summed E-state index contributed by atoms with van der Waals surface area (Å²) in [5, 5.41) is 15.4. The highest BCUT2D eigenvalue weighted by Crippen LogP contribution is 2.31. The van der Waals surface area contributed by atoms with Crippen LogP contribution in [0, 0.1) is 0 Å². The lowest BCUT2D eigenvalue weighted by molar-refractivity contribution is 0.881. The predicted octanol–water partition coefficient (Wildman–Crippen LogP) is 3.01. The molecule has 96 valence electrons. The number of hydrogen-bond acceptors (Lipinski definition) is 3. The Bertz CT molecular complexity index is 828. The third kappa shape index (κ3) is 1.68. The van der Waals surface area contributed by atoms with Gasteiger partial charge in [-0.1, -0.05) is 42.5 Å². The van der Waals surface area contributed by atoms with E-state index in [0.29, 0.717) is 5.82 Å². The molecular formula is C15H11N5. The highest BCUT2D eigenvalue weighted by molar-refractivity contribution is 5.89. The highest BCUT2D eigenvalue weighted by Gasteiger charge is 2.12. The lowest BCUT2D eigenvalue weighted by atomic mass is 10.0. The van der Waals surface area contributed by atoms with E-state index in [0.717, 1.165) is 22.3 Å². The molecular weight excluding hydrogens is 250 g/mol. The summed E-state index contributed by atoms with van der Waals surface area (Å²) in [5.41, 5.74) is 4.18. The second kappa shape index (κ2) is 4.31. The standard InChI is InChI=1S/C15H11N5/c1-4-8-13-10(5-1)9-14(16-13)11-6-2-3-7-12(11)15-17-19-20-18-15/h1-9,16H,(H,17,18,19,20). The summed E-state index contributed by atoms with van der Waals surface area (Å²) >= 11 is 0. The topological polar surface area (TPSA) is 70.2 Å². The zero-order chi connectivity index (χ0) is 13.4. The van der Waals surface area contributed by atoms with Gasteiger partial charge in [0.1, 0.15) is 0 Å². The molecule has 0 fully saturated rings. The van der Waals surface area contributed by atoms with Crippen LogP contribution in [0.3, 0.4) is 0 Å². The van der Waals surface area contributed by atoms with Crippen LogP contribution in [0.1, 0.15) is 0 Å². The largest absolute Gasteiger partial charge is 0.355 e. The van der Waals surface area contributed by atoms with Gasteiger partial charge in [-0.05, 0) is 17.3 Å². The average Bonchev–Trinajstić information content (AvgIpc) is 3.16. The summed E-state index contributed by atoms with van der Waals surface area (Å²) in [6.45, 7) is 0. The van der Waals surface area contributed by atoms with Crippen LogP contribution in [-0.4, -0.2) is 25.6 Å². The van der Waals surface area contributed by atoms with E-state index < -0.39 is 0 Å². The van der Waals surface area contributed by atoms with Gasteiger partial charge in [-0.15, -0.1) is 10.2 Å². The third-order valence-electron chi connectivity index (χ3n) is 3.33. The first-order valence-electron chi connectivity index (χ1n) is 6.33. The minimum absolute atomic E-state index is 0.597. The number of tetrazole rings is 1. The molecule has 0 bridgehead atoms. The van der Waals surface area contributed by atoms with Crippen molar-refractivity contribution < 1.29 is 0 Å². The number of H-pyrrole nitrogens is 2. The first-order chi connectivity index (χ1) is 9.92. The summed E-state index contributed by atoms with van der Waals surface area (Å²) in [6, 6.07) is 18.4. The van der Waals surface area contributed by atoms with Crippen LogP contribution in [0.25, 0.3) is 33.5 Å². The van der Waals surface area contributed by atoms with Gasteiger partial charge in [0.15, 0.2) is 0 Å². The number of nitrogens with one attached hydrogen (secondary N) is 2. The Hall–Kier alpha value is -2.95. The molecule has 5 heteroatoms. The molecule has 4 rings (SSSR count).